The minimum absolute atomic E-state index is 0.00809. The average molecular weight is 391 g/mol. The number of hydrogen-bond donors (Lipinski definition) is 2. The van der Waals surface area contributed by atoms with Crippen molar-refractivity contribution in [2.45, 2.75) is 13.8 Å². The second-order valence-electron chi connectivity index (χ2n) is 5.09. The van der Waals surface area contributed by atoms with Gasteiger partial charge >= 0.3 is 6.03 Å². The van der Waals surface area contributed by atoms with Crippen molar-refractivity contribution in [2.75, 3.05) is 5.32 Å². The molecule has 2 aromatic carbocycles. The monoisotopic (exact) mass is 390 g/mol. The van der Waals surface area contributed by atoms with Crippen LogP contribution < -0.4 is 10.7 Å². The molecule has 0 spiro atoms. The lowest BCUT2D eigenvalue weighted by Gasteiger charge is -2.06. The van der Waals surface area contributed by atoms with Crippen LogP contribution in [0.5, 0.6) is 0 Å². The minimum atomic E-state index is -0.505. The number of urea groups is 1. The van der Waals surface area contributed by atoms with Gasteiger partial charge in [-0.1, -0.05) is 28.1 Å². The molecule has 0 unspecified atom stereocenters. The smallest absolute Gasteiger partial charge is 0.307 e. The number of carbonyl (C=O) groups excluding carboxylic acids is 1. The summed E-state index contributed by atoms with van der Waals surface area (Å²) in [6, 6.07) is 9.61. The lowest BCUT2D eigenvalue weighted by atomic mass is 10.1. The van der Waals surface area contributed by atoms with E-state index in [2.05, 4.69) is 31.8 Å². The van der Waals surface area contributed by atoms with Crippen molar-refractivity contribution < 1.29 is 9.72 Å². The maximum absolute atomic E-state index is 11.8. The third-order valence-corrected chi connectivity index (χ3v) is 4.12. The zero-order valence-corrected chi connectivity index (χ0v) is 14.6. The SMILES string of the molecule is Cc1cc(NC(=O)N/N=C/c2ccc(C)c([N+](=O)[O-])c2)ccc1Br. The van der Waals surface area contributed by atoms with Gasteiger partial charge in [0.05, 0.1) is 11.1 Å². The number of rotatable bonds is 4. The van der Waals surface area contributed by atoms with Gasteiger partial charge in [0.25, 0.3) is 5.69 Å². The average Bonchev–Trinajstić information content (AvgIpc) is 2.52. The molecule has 0 fully saturated rings. The number of benzene rings is 2. The Balaban J connectivity index is 1.98. The third kappa shape index (κ3) is 4.63. The summed E-state index contributed by atoms with van der Waals surface area (Å²) in [4.78, 5) is 22.2. The highest BCUT2D eigenvalue weighted by molar-refractivity contribution is 9.10. The number of aryl methyl sites for hydroxylation is 2. The largest absolute Gasteiger partial charge is 0.339 e. The van der Waals surface area contributed by atoms with Crippen molar-refractivity contribution in [3.63, 3.8) is 0 Å². The first-order valence-corrected chi connectivity index (χ1v) is 7.77. The Morgan fingerprint density at radius 3 is 2.62 bits per heavy atom. The highest BCUT2D eigenvalue weighted by Gasteiger charge is 2.10. The van der Waals surface area contributed by atoms with Crippen LogP contribution in [0.3, 0.4) is 0 Å². The summed E-state index contributed by atoms with van der Waals surface area (Å²) in [5.41, 5.74) is 5.03. The topological polar surface area (TPSA) is 96.6 Å². The summed E-state index contributed by atoms with van der Waals surface area (Å²) in [6.45, 7) is 3.57. The molecular formula is C16H15BrN4O3. The van der Waals surface area contributed by atoms with Gasteiger partial charge in [-0.2, -0.15) is 5.10 Å². The Hall–Kier alpha value is -2.74. The summed E-state index contributed by atoms with van der Waals surface area (Å²) in [6.07, 6.45) is 1.35. The molecule has 2 rings (SSSR count). The first-order chi connectivity index (χ1) is 11.4. The van der Waals surface area contributed by atoms with Crippen LogP contribution in [0.15, 0.2) is 46.0 Å². The number of amides is 2. The number of nitrogens with one attached hydrogen (secondary N) is 2. The van der Waals surface area contributed by atoms with E-state index in [1.165, 1.54) is 12.3 Å². The van der Waals surface area contributed by atoms with Crippen LogP contribution in [0.2, 0.25) is 0 Å². The van der Waals surface area contributed by atoms with Gasteiger partial charge in [0.15, 0.2) is 0 Å². The third-order valence-electron chi connectivity index (χ3n) is 3.23. The maximum Gasteiger partial charge on any atom is 0.339 e. The predicted octanol–water partition coefficient (Wildman–Crippen LogP) is 4.13. The fourth-order valence-electron chi connectivity index (χ4n) is 1.95. The number of halogens is 1. The van der Waals surface area contributed by atoms with E-state index in [0.29, 0.717) is 16.8 Å². The molecule has 0 aliphatic carbocycles. The molecule has 2 amide bonds. The second kappa shape index (κ2) is 7.69. The Bertz CT molecular complexity index is 821. The van der Waals surface area contributed by atoms with Gasteiger partial charge in [-0.25, -0.2) is 10.2 Å². The van der Waals surface area contributed by atoms with Crippen LogP contribution in [0, 0.1) is 24.0 Å². The number of nitro benzene ring substituents is 1. The number of nitro groups is 1. The zero-order chi connectivity index (χ0) is 17.7. The van der Waals surface area contributed by atoms with Crippen molar-refractivity contribution in [3.8, 4) is 0 Å². The van der Waals surface area contributed by atoms with E-state index >= 15 is 0 Å². The molecule has 24 heavy (non-hydrogen) atoms. The van der Waals surface area contributed by atoms with E-state index in [1.54, 1.807) is 25.1 Å². The zero-order valence-electron chi connectivity index (χ0n) is 13.0. The van der Waals surface area contributed by atoms with E-state index in [4.69, 9.17) is 0 Å². The van der Waals surface area contributed by atoms with Crippen LogP contribution >= 0.6 is 15.9 Å². The van der Waals surface area contributed by atoms with Crippen molar-refractivity contribution in [3.05, 3.63) is 67.7 Å². The van der Waals surface area contributed by atoms with Crippen LogP contribution in [0.4, 0.5) is 16.2 Å². The second-order valence-corrected chi connectivity index (χ2v) is 5.95. The van der Waals surface area contributed by atoms with Crippen molar-refractivity contribution in [1.29, 1.82) is 0 Å². The molecular weight excluding hydrogens is 376 g/mol. The fraction of sp³-hybridized carbons (Fsp3) is 0.125. The summed E-state index contributed by atoms with van der Waals surface area (Å²) < 4.78 is 0.951. The highest BCUT2D eigenvalue weighted by Crippen LogP contribution is 2.20. The van der Waals surface area contributed by atoms with E-state index in [0.717, 1.165) is 10.0 Å². The molecule has 0 atom stereocenters. The van der Waals surface area contributed by atoms with Crippen LogP contribution in [-0.2, 0) is 0 Å². The molecule has 0 radical (unpaired) electrons. The van der Waals surface area contributed by atoms with Gasteiger partial charge in [-0.05, 0) is 37.6 Å². The Kier molecular flexibility index (Phi) is 5.64. The van der Waals surface area contributed by atoms with E-state index in [-0.39, 0.29) is 5.69 Å². The molecule has 0 bridgehead atoms. The standard InChI is InChI=1S/C16H15BrN4O3/c1-10-3-4-12(8-15(10)21(23)24)9-18-20-16(22)19-13-5-6-14(17)11(2)7-13/h3-9H,1-2H3,(H2,19,20,22)/b18-9+. The molecule has 0 saturated heterocycles. The lowest BCUT2D eigenvalue weighted by molar-refractivity contribution is -0.385. The molecule has 2 N–H and O–H groups in total. The van der Waals surface area contributed by atoms with E-state index in [1.807, 2.05) is 19.1 Å². The van der Waals surface area contributed by atoms with Crippen molar-refractivity contribution >= 4 is 39.6 Å². The normalized spacial score (nSPS) is 10.6. The molecule has 0 aliphatic heterocycles. The van der Waals surface area contributed by atoms with Crippen molar-refractivity contribution in [1.82, 2.24) is 5.43 Å². The van der Waals surface area contributed by atoms with Gasteiger partial charge in [0.2, 0.25) is 0 Å². The molecule has 0 aromatic heterocycles. The maximum atomic E-state index is 11.8. The number of anilines is 1. The Morgan fingerprint density at radius 2 is 1.96 bits per heavy atom. The number of carbonyl (C=O) groups is 1. The summed E-state index contributed by atoms with van der Waals surface area (Å²) >= 11 is 3.38. The number of hydrogen-bond acceptors (Lipinski definition) is 4. The van der Waals surface area contributed by atoms with E-state index in [9.17, 15) is 14.9 Å². The molecule has 0 heterocycles. The van der Waals surface area contributed by atoms with Crippen LogP contribution in [0.25, 0.3) is 0 Å². The van der Waals surface area contributed by atoms with Gasteiger partial charge < -0.3 is 5.32 Å². The number of nitrogens with zero attached hydrogens (tertiary/aromatic N) is 2. The molecule has 0 aliphatic rings. The first-order valence-electron chi connectivity index (χ1n) is 6.98. The van der Waals surface area contributed by atoms with Gasteiger partial charge in [0, 0.05) is 27.4 Å². The summed E-state index contributed by atoms with van der Waals surface area (Å²) in [5.74, 6) is 0. The van der Waals surface area contributed by atoms with Crippen LogP contribution in [-0.4, -0.2) is 17.2 Å². The minimum Gasteiger partial charge on any atom is -0.307 e. The van der Waals surface area contributed by atoms with Crippen molar-refractivity contribution in [2.24, 2.45) is 5.10 Å². The number of hydrazone groups is 1. The highest BCUT2D eigenvalue weighted by atomic mass is 79.9. The quantitative estimate of drug-likeness (QED) is 0.466. The summed E-state index contributed by atoms with van der Waals surface area (Å²) in [5, 5.41) is 17.3. The van der Waals surface area contributed by atoms with Gasteiger partial charge in [-0.15, -0.1) is 0 Å². The molecule has 7 nitrogen and oxygen atoms in total. The molecule has 124 valence electrons. The molecule has 8 heteroatoms. The Morgan fingerprint density at radius 1 is 1.21 bits per heavy atom. The predicted molar refractivity (Wildman–Crippen MR) is 96.5 cm³/mol. The first kappa shape index (κ1) is 17.6. The molecule has 0 saturated carbocycles. The molecule has 2 aromatic rings. The summed E-state index contributed by atoms with van der Waals surface area (Å²) in [7, 11) is 0. The van der Waals surface area contributed by atoms with Gasteiger partial charge in [0.1, 0.15) is 0 Å². The fourth-order valence-corrected chi connectivity index (χ4v) is 2.20. The van der Waals surface area contributed by atoms with Crippen LogP contribution in [0.1, 0.15) is 16.7 Å². The lowest BCUT2D eigenvalue weighted by Crippen LogP contribution is -2.24. The van der Waals surface area contributed by atoms with E-state index < -0.39 is 11.0 Å². The van der Waals surface area contributed by atoms with Gasteiger partial charge in [-0.3, -0.25) is 10.1 Å². The Labute approximate surface area is 147 Å².